The summed E-state index contributed by atoms with van der Waals surface area (Å²) in [6.45, 7) is 7.27. The van der Waals surface area contributed by atoms with E-state index in [1.807, 2.05) is 0 Å². The molecule has 3 heteroatoms. The number of amides is 1. The fourth-order valence-corrected chi connectivity index (χ4v) is 2.62. The van der Waals surface area contributed by atoms with Crippen molar-refractivity contribution in [3.63, 3.8) is 0 Å². The highest BCUT2D eigenvalue weighted by molar-refractivity contribution is 5.82. The first-order valence-corrected chi connectivity index (χ1v) is 6.12. The molecule has 15 heavy (non-hydrogen) atoms. The van der Waals surface area contributed by atoms with Gasteiger partial charge < -0.3 is 10.6 Å². The van der Waals surface area contributed by atoms with E-state index in [9.17, 15) is 4.79 Å². The van der Waals surface area contributed by atoms with Crippen molar-refractivity contribution in [3.05, 3.63) is 0 Å². The van der Waals surface area contributed by atoms with Gasteiger partial charge in [-0.3, -0.25) is 4.79 Å². The zero-order valence-corrected chi connectivity index (χ0v) is 9.81. The standard InChI is InChI=1S/C12H22N2O/c1-9(2)8-14-11(15)10-7-12(10)3-5-13-6-4-12/h9-10,13H,3-8H2,1-2H3,(H,14,15). The van der Waals surface area contributed by atoms with Gasteiger partial charge in [0, 0.05) is 12.5 Å². The molecular formula is C12H22N2O. The van der Waals surface area contributed by atoms with Crippen LogP contribution in [0.2, 0.25) is 0 Å². The predicted octanol–water partition coefficient (Wildman–Crippen LogP) is 1.15. The van der Waals surface area contributed by atoms with Crippen LogP contribution in [0.15, 0.2) is 0 Å². The van der Waals surface area contributed by atoms with Crippen molar-refractivity contribution >= 4 is 5.91 Å². The Hall–Kier alpha value is -0.570. The Labute approximate surface area is 92.0 Å². The molecule has 1 amide bonds. The molecule has 2 rings (SSSR count). The molecule has 86 valence electrons. The third kappa shape index (κ3) is 2.33. The number of carbonyl (C=O) groups excluding carboxylic acids is 1. The zero-order chi connectivity index (χ0) is 10.9. The third-order valence-electron chi connectivity index (χ3n) is 3.79. The average molecular weight is 210 g/mol. The molecule has 1 heterocycles. The molecule has 1 saturated carbocycles. The van der Waals surface area contributed by atoms with Gasteiger partial charge in [0.15, 0.2) is 0 Å². The fraction of sp³-hybridized carbons (Fsp3) is 0.917. The molecule has 1 saturated heterocycles. The second kappa shape index (κ2) is 4.12. The Kier molecular flexibility index (Phi) is 3.01. The van der Waals surface area contributed by atoms with Gasteiger partial charge in [-0.05, 0) is 43.7 Å². The topological polar surface area (TPSA) is 41.1 Å². The lowest BCUT2D eigenvalue weighted by molar-refractivity contribution is -0.123. The van der Waals surface area contributed by atoms with Crippen molar-refractivity contribution < 1.29 is 4.79 Å². The summed E-state index contributed by atoms with van der Waals surface area (Å²) in [6, 6.07) is 0. The Morgan fingerprint density at radius 1 is 1.47 bits per heavy atom. The molecule has 1 unspecified atom stereocenters. The first-order valence-electron chi connectivity index (χ1n) is 6.12. The van der Waals surface area contributed by atoms with Gasteiger partial charge in [0.2, 0.25) is 5.91 Å². The highest BCUT2D eigenvalue weighted by Gasteiger charge is 2.57. The van der Waals surface area contributed by atoms with Crippen LogP contribution in [0.25, 0.3) is 0 Å². The molecule has 0 aromatic carbocycles. The monoisotopic (exact) mass is 210 g/mol. The van der Waals surface area contributed by atoms with Gasteiger partial charge in [0.25, 0.3) is 0 Å². The first kappa shape index (κ1) is 10.9. The van der Waals surface area contributed by atoms with Gasteiger partial charge in [-0.15, -0.1) is 0 Å². The summed E-state index contributed by atoms with van der Waals surface area (Å²) in [5, 5.41) is 6.41. The Balaban J connectivity index is 1.79. The Morgan fingerprint density at radius 2 is 2.13 bits per heavy atom. The van der Waals surface area contributed by atoms with E-state index in [2.05, 4.69) is 24.5 Å². The van der Waals surface area contributed by atoms with Crippen molar-refractivity contribution in [3.8, 4) is 0 Å². The minimum atomic E-state index is 0.297. The van der Waals surface area contributed by atoms with Gasteiger partial charge >= 0.3 is 0 Å². The van der Waals surface area contributed by atoms with Crippen LogP contribution in [0.3, 0.4) is 0 Å². The van der Waals surface area contributed by atoms with Crippen LogP contribution in [-0.4, -0.2) is 25.5 Å². The second-order valence-electron chi connectivity index (χ2n) is 5.51. The van der Waals surface area contributed by atoms with E-state index in [0.29, 0.717) is 23.2 Å². The molecule has 1 aliphatic carbocycles. The number of hydrogen-bond donors (Lipinski definition) is 2. The predicted molar refractivity (Wildman–Crippen MR) is 60.5 cm³/mol. The summed E-state index contributed by atoms with van der Waals surface area (Å²) in [5.41, 5.74) is 0.381. The lowest BCUT2D eigenvalue weighted by Gasteiger charge is -2.23. The van der Waals surface area contributed by atoms with Crippen molar-refractivity contribution in [2.24, 2.45) is 17.3 Å². The molecule has 1 spiro atoms. The Bertz CT molecular complexity index is 244. The van der Waals surface area contributed by atoms with Gasteiger partial charge in [-0.25, -0.2) is 0 Å². The van der Waals surface area contributed by atoms with Crippen LogP contribution in [-0.2, 0) is 4.79 Å². The lowest BCUT2D eigenvalue weighted by atomic mass is 9.92. The average Bonchev–Trinajstić information content (AvgIpc) is 2.90. The maximum Gasteiger partial charge on any atom is 0.223 e. The van der Waals surface area contributed by atoms with Crippen molar-refractivity contribution in [1.29, 1.82) is 0 Å². The highest BCUT2D eigenvalue weighted by atomic mass is 16.2. The molecule has 0 aromatic rings. The van der Waals surface area contributed by atoms with Gasteiger partial charge in [-0.2, -0.15) is 0 Å². The lowest BCUT2D eigenvalue weighted by Crippen LogP contribution is -2.34. The van der Waals surface area contributed by atoms with E-state index >= 15 is 0 Å². The molecule has 0 aromatic heterocycles. The third-order valence-corrected chi connectivity index (χ3v) is 3.79. The molecule has 1 atom stereocenters. The van der Waals surface area contributed by atoms with Crippen LogP contribution in [0.4, 0.5) is 0 Å². The Morgan fingerprint density at radius 3 is 2.73 bits per heavy atom. The molecular weight excluding hydrogens is 188 g/mol. The van der Waals surface area contributed by atoms with Crippen LogP contribution in [0, 0.1) is 17.3 Å². The minimum absolute atomic E-state index is 0.297. The molecule has 2 aliphatic rings. The van der Waals surface area contributed by atoms with Gasteiger partial charge in [0.1, 0.15) is 0 Å². The summed E-state index contributed by atoms with van der Waals surface area (Å²) < 4.78 is 0. The van der Waals surface area contributed by atoms with Crippen molar-refractivity contribution in [2.45, 2.75) is 33.1 Å². The summed E-state index contributed by atoms with van der Waals surface area (Å²) in [6.07, 6.45) is 3.50. The normalized spacial score (nSPS) is 28.1. The highest BCUT2D eigenvalue weighted by Crippen LogP contribution is 2.58. The number of hydrogen-bond acceptors (Lipinski definition) is 2. The second-order valence-corrected chi connectivity index (χ2v) is 5.51. The maximum atomic E-state index is 11.9. The molecule has 1 aliphatic heterocycles. The van der Waals surface area contributed by atoms with Crippen LogP contribution in [0.5, 0.6) is 0 Å². The fourth-order valence-electron chi connectivity index (χ4n) is 2.62. The minimum Gasteiger partial charge on any atom is -0.356 e. The van der Waals surface area contributed by atoms with E-state index < -0.39 is 0 Å². The zero-order valence-electron chi connectivity index (χ0n) is 9.81. The molecule has 2 fully saturated rings. The summed E-state index contributed by atoms with van der Waals surface area (Å²) in [4.78, 5) is 11.9. The van der Waals surface area contributed by atoms with Crippen LogP contribution >= 0.6 is 0 Å². The van der Waals surface area contributed by atoms with Crippen LogP contribution in [0.1, 0.15) is 33.1 Å². The molecule has 3 nitrogen and oxygen atoms in total. The van der Waals surface area contributed by atoms with Crippen molar-refractivity contribution in [1.82, 2.24) is 10.6 Å². The van der Waals surface area contributed by atoms with E-state index in [1.54, 1.807) is 0 Å². The van der Waals surface area contributed by atoms with Gasteiger partial charge in [-0.1, -0.05) is 13.8 Å². The summed E-state index contributed by atoms with van der Waals surface area (Å²) >= 11 is 0. The molecule has 2 N–H and O–H groups in total. The SMILES string of the molecule is CC(C)CNC(=O)C1CC12CCNCC2. The van der Waals surface area contributed by atoms with E-state index in [4.69, 9.17) is 0 Å². The largest absolute Gasteiger partial charge is 0.356 e. The summed E-state index contributed by atoms with van der Waals surface area (Å²) in [7, 11) is 0. The van der Waals surface area contributed by atoms with Crippen LogP contribution < -0.4 is 10.6 Å². The van der Waals surface area contributed by atoms with Crippen molar-refractivity contribution in [2.75, 3.05) is 19.6 Å². The van der Waals surface area contributed by atoms with E-state index in [-0.39, 0.29) is 0 Å². The maximum absolute atomic E-state index is 11.9. The number of rotatable bonds is 3. The molecule has 0 radical (unpaired) electrons. The van der Waals surface area contributed by atoms with Gasteiger partial charge in [0.05, 0.1) is 0 Å². The smallest absolute Gasteiger partial charge is 0.223 e. The first-order chi connectivity index (χ1) is 7.14. The molecule has 0 bridgehead atoms. The number of piperidine rings is 1. The summed E-state index contributed by atoms with van der Waals surface area (Å²) in [5.74, 6) is 1.17. The number of nitrogens with one attached hydrogen (secondary N) is 2. The van der Waals surface area contributed by atoms with E-state index in [1.165, 1.54) is 12.8 Å². The quantitative estimate of drug-likeness (QED) is 0.733. The van der Waals surface area contributed by atoms with E-state index in [0.717, 1.165) is 26.1 Å². The number of carbonyl (C=O) groups is 1.